The molecule has 146 valence electrons. The van der Waals surface area contributed by atoms with E-state index in [0.717, 1.165) is 17.0 Å². The Bertz CT molecular complexity index is 1070. The number of rotatable bonds is 7. The van der Waals surface area contributed by atoms with Gasteiger partial charge in [0, 0.05) is 16.5 Å². The summed E-state index contributed by atoms with van der Waals surface area (Å²) in [5.41, 5.74) is 1.93. The second kappa shape index (κ2) is 8.53. The van der Waals surface area contributed by atoms with Crippen LogP contribution in [0.1, 0.15) is 24.2 Å². The van der Waals surface area contributed by atoms with E-state index in [1.54, 1.807) is 19.1 Å². The van der Waals surface area contributed by atoms with Crippen LogP contribution in [0.15, 0.2) is 58.8 Å². The molecular weight excluding hydrogens is 396 g/mol. The van der Waals surface area contributed by atoms with Gasteiger partial charge in [-0.1, -0.05) is 13.0 Å². The Kier molecular flexibility index (Phi) is 6.11. The third-order valence-electron chi connectivity index (χ3n) is 4.02. The number of aromatic nitrogens is 1. The molecule has 0 unspecified atom stereocenters. The minimum atomic E-state index is -3.37. The highest BCUT2D eigenvalue weighted by Crippen LogP contribution is 2.27. The number of nitrogens with one attached hydrogen (secondary N) is 1. The molecule has 1 heterocycles. The molecule has 0 bridgehead atoms. The van der Waals surface area contributed by atoms with Crippen molar-refractivity contribution in [3.63, 3.8) is 0 Å². The lowest BCUT2D eigenvalue weighted by atomic mass is 10.2. The van der Waals surface area contributed by atoms with E-state index in [2.05, 4.69) is 10.3 Å². The lowest BCUT2D eigenvalue weighted by molar-refractivity contribution is 0.102. The van der Waals surface area contributed by atoms with Gasteiger partial charge in [0.25, 0.3) is 5.91 Å². The maximum atomic E-state index is 12.5. The second-order valence-corrected chi connectivity index (χ2v) is 9.02. The average Bonchev–Trinajstić information content (AvgIpc) is 3.17. The number of carbonyl (C=O) groups is 1. The molecule has 28 heavy (non-hydrogen) atoms. The highest BCUT2D eigenvalue weighted by Gasteiger charge is 2.15. The Balaban J connectivity index is 1.75. The quantitative estimate of drug-likeness (QED) is 0.622. The van der Waals surface area contributed by atoms with E-state index < -0.39 is 15.7 Å². The van der Waals surface area contributed by atoms with E-state index in [0.29, 0.717) is 11.7 Å². The van der Waals surface area contributed by atoms with Crippen molar-refractivity contribution in [3.8, 4) is 17.0 Å². The highest BCUT2D eigenvalue weighted by atomic mass is 32.2. The van der Waals surface area contributed by atoms with Crippen LogP contribution in [0.3, 0.4) is 0 Å². The molecular formula is C20H20N2O4S2. The monoisotopic (exact) mass is 416 g/mol. The van der Waals surface area contributed by atoms with Gasteiger partial charge in [0.15, 0.2) is 15.0 Å². The first-order chi connectivity index (χ1) is 13.4. The predicted molar refractivity (Wildman–Crippen MR) is 111 cm³/mol. The molecule has 0 aliphatic heterocycles. The summed E-state index contributed by atoms with van der Waals surface area (Å²) in [6.07, 6.45) is 0. The molecule has 0 atom stereocenters. The molecule has 3 rings (SSSR count). The standard InChI is InChI=1S/C20H20N2O4S2/c1-3-26-16-10-8-14(9-11-16)18-13-27-20(21-18)22-19(23)15-6-5-7-17(12-15)28(24,25)4-2/h5-13H,3-4H2,1-2H3,(H,21,22,23). The Hall–Kier alpha value is -2.71. The van der Waals surface area contributed by atoms with E-state index >= 15 is 0 Å². The summed E-state index contributed by atoms with van der Waals surface area (Å²) < 4.78 is 29.4. The summed E-state index contributed by atoms with van der Waals surface area (Å²) in [4.78, 5) is 17.1. The van der Waals surface area contributed by atoms with Crippen molar-refractivity contribution in [3.05, 3.63) is 59.5 Å². The van der Waals surface area contributed by atoms with Crippen LogP contribution in [0.25, 0.3) is 11.3 Å². The second-order valence-electron chi connectivity index (χ2n) is 5.88. The molecule has 2 aromatic carbocycles. The molecule has 6 nitrogen and oxygen atoms in total. The minimum Gasteiger partial charge on any atom is -0.494 e. The molecule has 0 fully saturated rings. The molecule has 0 radical (unpaired) electrons. The number of sulfone groups is 1. The van der Waals surface area contributed by atoms with Gasteiger partial charge in [-0.25, -0.2) is 13.4 Å². The van der Waals surface area contributed by atoms with Crippen molar-refractivity contribution >= 4 is 32.2 Å². The Morgan fingerprint density at radius 2 is 1.89 bits per heavy atom. The zero-order valence-corrected chi connectivity index (χ0v) is 17.1. The van der Waals surface area contributed by atoms with Crippen molar-refractivity contribution in [1.29, 1.82) is 0 Å². The van der Waals surface area contributed by atoms with Gasteiger partial charge in [-0.15, -0.1) is 11.3 Å². The van der Waals surface area contributed by atoms with Crippen molar-refractivity contribution in [2.45, 2.75) is 18.7 Å². The first-order valence-electron chi connectivity index (χ1n) is 8.76. The lowest BCUT2D eigenvalue weighted by Gasteiger charge is -2.05. The molecule has 0 saturated carbocycles. The fraction of sp³-hybridized carbons (Fsp3) is 0.200. The van der Waals surface area contributed by atoms with Gasteiger partial charge in [-0.2, -0.15) is 0 Å². The molecule has 0 aliphatic rings. The molecule has 0 saturated heterocycles. The van der Waals surface area contributed by atoms with Crippen LogP contribution in [0.2, 0.25) is 0 Å². The lowest BCUT2D eigenvalue weighted by Crippen LogP contribution is -2.13. The van der Waals surface area contributed by atoms with Crippen LogP contribution in [-0.4, -0.2) is 31.7 Å². The fourth-order valence-electron chi connectivity index (χ4n) is 2.52. The topological polar surface area (TPSA) is 85.4 Å². The zero-order chi connectivity index (χ0) is 20.1. The molecule has 3 aromatic rings. The van der Waals surface area contributed by atoms with E-state index in [1.165, 1.54) is 23.5 Å². The van der Waals surface area contributed by atoms with Crippen molar-refractivity contribution in [1.82, 2.24) is 4.98 Å². The number of anilines is 1. The van der Waals surface area contributed by atoms with E-state index in [4.69, 9.17) is 4.74 Å². The molecule has 1 amide bonds. The van der Waals surface area contributed by atoms with Gasteiger partial charge in [0.1, 0.15) is 5.75 Å². The van der Waals surface area contributed by atoms with Gasteiger partial charge < -0.3 is 4.74 Å². The van der Waals surface area contributed by atoms with E-state index in [-0.39, 0.29) is 16.2 Å². The number of nitrogens with zero attached hydrogens (tertiary/aromatic N) is 1. The number of thiazole rings is 1. The largest absolute Gasteiger partial charge is 0.494 e. The van der Waals surface area contributed by atoms with Crippen LogP contribution in [0.4, 0.5) is 5.13 Å². The number of hydrogen-bond acceptors (Lipinski definition) is 6. The first-order valence-corrected chi connectivity index (χ1v) is 11.3. The summed E-state index contributed by atoms with van der Waals surface area (Å²) in [7, 11) is -3.37. The summed E-state index contributed by atoms with van der Waals surface area (Å²) in [5.74, 6) is 0.369. The SMILES string of the molecule is CCOc1ccc(-c2csc(NC(=O)c3cccc(S(=O)(=O)CC)c3)n2)cc1. The summed E-state index contributed by atoms with van der Waals surface area (Å²) in [5, 5.41) is 5.02. The van der Waals surface area contributed by atoms with Gasteiger partial charge in [0.05, 0.1) is 22.9 Å². The molecule has 0 aliphatic carbocycles. The van der Waals surface area contributed by atoms with Gasteiger partial charge in [-0.05, 0) is 49.4 Å². The first kappa shape index (κ1) is 20.0. The normalized spacial score (nSPS) is 11.2. The Labute approximate surface area is 168 Å². The summed E-state index contributed by atoms with van der Waals surface area (Å²) in [6, 6.07) is 13.6. The number of hydrogen-bond donors (Lipinski definition) is 1. The van der Waals surface area contributed by atoms with Gasteiger partial charge >= 0.3 is 0 Å². The maximum absolute atomic E-state index is 12.5. The smallest absolute Gasteiger partial charge is 0.257 e. The summed E-state index contributed by atoms with van der Waals surface area (Å²) in [6.45, 7) is 4.10. The molecule has 0 spiro atoms. The third kappa shape index (κ3) is 4.58. The molecule has 1 aromatic heterocycles. The van der Waals surface area contributed by atoms with Crippen molar-refractivity contribution < 1.29 is 17.9 Å². The van der Waals surface area contributed by atoms with Crippen LogP contribution in [-0.2, 0) is 9.84 Å². The van der Waals surface area contributed by atoms with E-state index in [1.807, 2.05) is 36.6 Å². The highest BCUT2D eigenvalue weighted by molar-refractivity contribution is 7.91. The van der Waals surface area contributed by atoms with E-state index in [9.17, 15) is 13.2 Å². The number of carbonyl (C=O) groups excluding carboxylic acids is 1. The van der Waals surface area contributed by atoms with Crippen LogP contribution < -0.4 is 10.1 Å². The Morgan fingerprint density at radius 3 is 2.57 bits per heavy atom. The molecule has 8 heteroatoms. The van der Waals surface area contributed by atoms with Crippen molar-refractivity contribution in [2.75, 3.05) is 17.7 Å². The predicted octanol–water partition coefficient (Wildman–Crippen LogP) is 4.25. The Morgan fingerprint density at radius 1 is 1.14 bits per heavy atom. The van der Waals surface area contributed by atoms with Crippen molar-refractivity contribution in [2.24, 2.45) is 0 Å². The fourth-order valence-corrected chi connectivity index (χ4v) is 4.16. The number of amides is 1. The van der Waals surface area contributed by atoms with Crippen LogP contribution in [0.5, 0.6) is 5.75 Å². The summed E-state index contributed by atoms with van der Waals surface area (Å²) >= 11 is 1.30. The minimum absolute atomic E-state index is 0.0179. The third-order valence-corrected chi connectivity index (χ3v) is 6.51. The average molecular weight is 417 g/mol. The van der Waals surface area contributed by atoms with Gasteiger partial charge in [0.2, 0.25) is 0 Å². The molecule has 1 N–H and O–H groups in total. The van der Waals surface area contributed by atoms with Crippen LogP contribution in [0, 0.1) is 0 Å². The van der Waals surface area contributed by atoms with Gasteiger partial charge in [-0.3, -0.25) is 10.1 Å². The van der Waals surface area contributed by atoms with Crippen LogP contribution >= 0.6 is 11.3 Å². The number of benzene rings is 2. The zero-order valence-electron chi connectivity index (χ0n) is 15.5. The maximum Gasteiger partial charge on any atom is 0.257 e. The number of ether oxygens (including phenoxy) is 1.